The summed E-state index contributed by atoms with van der Waals surface area (Å²) in [7, 11) is 0. The molecule has 0 saturated heterocycles. The number of nitrogens with one attached hydrogen (secondary N) is 2. The van der Waals surface area contributed by atoms with Crippen LogP contribution in [0.1, 0.15) is 24.5 Å². The summed E-state index contributed by atoms with van der Waals surface area (Å²) in [5, 5.41) is 0. The van der Waals surface area contributed by atoms with Gasteiger partial charge in [0.15, 0.2) is 0 Å². The lowest BCUT2D eigenvalue weighted by atomic mass is 10.1. The molecule has 2 aromatic carbocycles. The molecule has 2 nitrogen and oxygen atoms in total. The van der Waals surface area contributed by atoms with Crippen LogP contribution in [0.15, 0.2) is 48.5 Å². The van der Waals surface area contributed by atoms with Crippen LogP contribution in [0.4, 0.5) is 11.4 Å². The third-order valence-corrected chi connectivity index (χ3v) is 2.90. The summed E-state index contributed by atoms with van der Waals surface area (Å²) >= 11 is 0. The van der Waals surface area contributed by atoms with E-state index in [2.05, 4.69) is 73.2 Å². The fourth-order valence-electron chi connectivity index (χ4n) is 1.82. The van der Waals surface area contributed by atoms with E-state index in [4.69, 9.17) is 0 Å². The first-order valence-electron chi connectivity index (χ1n) is 6.45. The minimum atomic E-state index is 1.07. The van der Waals surface area contributed by atoms with Gasteiger partial charge in [-0.3, -0.25) is 0 Å². The SMILES string of the molecule is CCCc1ccc(NNc2ccc(C)cc2)cc1. The minimum absolute atomic E-state index is 1.07. The van der Waals surface area contributed by atoms with Crippen molar-refractivity contribution in [3.8, 4) is 0 Å². The molecule has 0 radical (unpaired) electrons. The molecule has 2 N–H and O–H groups in total. The topological polar surface area (TPSA) is 24.1 Å². The molecule has 0 unspecified atom stereocenters. The van der Waals surface area contributed by atoms with Gasteiger partial charge < -0.3 is 10.9 Å². The highest BCUT2D eigenvalue weighted by atomic mass is 15.4. The lowest BCUT2D eigenvalue weighted by Crippen LogP contribution is -2.08. The van der Waals surface area contributed by atoms with E-state index in [1.165, 1.54) is 17.5 Å². The summed E-state index contributed by atoms with van der Waals surface area (Å²) in [5.41, 5.74) is 11.2. The Hall–Kier alpha value is -1.96. The van der Waals surface area contributed by atoms with E-state index < -0.39 is 0 Å². The second-order valence-electron chi connectivity index (χ2n) is 4.56. The Labute approximate surface area is 109 Å². The molecule has 0 atom stereocenters. The smallest absolute Gasteiger partial charge is 0.0540 e. The number of rotatable bonds is 5. The van der Waals surface area contributed by atoms with Crippen LogP contribution < -0.4 is 10.9 Å². The summed E-state index contributed by atoms with van der Waals surface area (Å²) in [6.45, 7) is 4.29. The molecule has 0 aliphatic rings. The molecule has 0 aliphatic heterocycles. The van der Waals surface area contributed by atoms with E-state index in [0.717, 1.165) is 17.8 Å². The lowest BCUT2D eigenvalue weighted by Gasteiger charge is -2.10. The van der Waals surface area contributed by atoms with Crippen molar-refractivity contribution >= 4 is 11.4 Å². The Morgan fingerprint density at radius 1 is 0.778 bits per heavy atom. The van der Waals surface area contributed by atoms with Crippen molar-refractivity contribution in [3.05, 3.63) is 59.7 Å². The number of hydrazine groups is 1. The van der Waals surface area contributed by atoms with Crippen LogP contribution in [0.5, 0.6) is 0 Å². The normalized spacial score (nSPS) is 10.1. The molecule has 0 aromatic heterocycles. The summed E-state index contributed by atoms with van der Waals surface area (Å²) < 4.78 is 0. The van der Waals surface area contributed by atoms with E-state index in [-0.39, 0.29) is 0 Å². The van der Waals surface area contributed by atoms with Crippen LogP contribution in [0.3, 0.4) is 0 Å². The molecular weight excluding hydrogens is 220 g/mol. The molecular formula is C16H20N2. The standard InChI is InChI=1S/C16H20N2/c1-3-4-14-7-11-16(12-8-14)18-17-15-9-5-13(2)6-10-15/h5-12,17-18H,3-4H2,1-2H3. The first-order valence-corrected chi connectivity index (χ1v) is 6.45. The molecule has 0 fully saturated rings. The van der Waals surface area contributed by atoms with Crippen molar-refractivity contribution in [1.29, 1.82) is 0 Å². The highest BCUT2D eigenvalue weighted by Gasteiger charge is 1.94. The van der Waals surface area contributed by atoms with Crippen molar-refractivity contribution in [1.82, 2.24) is 0 Å². The van der Waals surface area contributed by atoms with Gasteiger partial charge in [0.25, 0.3) is 0 Å². The monoisotopic (exact) mass is 240 g/mol. The van der Waals surface area contributed by atoms with Gasteiger partial charge in [-0.2, -0.15) is 0 Å². The largest absolute Gasteiger partial charge is 0.301 e. The van der Waals surface area contributed by atoms with Crippen molar-refractivity contribution in [2.75, 3.05) is 10.9 Å². The number of aryl methyl sites for hydroxylation is 2. The molecule has 18 heavy (non-hydrogen) atoms. The van der Waals surface area contributed by atoms with Crippen molar-refractivity contribution in [2.24, 2.45) is 0 Å². The second-order valence-corrected chi connectivity index (χ2v) is 4.56. The van der Waals surface area contributed by atoms with Crippen LogP contribution in [0.2, 0.25) is 0 Å². The van der Waals surface area contributed by atoms with Gasteiger partial charge in [0.1, 0.15) is 0 Å². The summed E-state index contributed by atoms with van der Waals surface area (Å²) in [6.07, 6.45) is 2.33. The molecule has 0 aliphatic carbocycles. The van der Waals surface area contributed by atoms with Gasteiger partial charge in [0.05, 0.1) is 11.4 Å². The fourth-order valence-corrected chi connectivity index (χ4v) is 1.82. The van der Waals surface area contributed by atoms with Gasteiger partial charge in [-0.05, 0) is 43.2 Å². The Balaban J connectivity index is 1.91. The third-order valence-electron chi connectivity index (χ3n) is 2.90. The van der Waals surface area contributed by atoms with Gasteiger partial charge in [0.2, 0.25) is 0 Å². The first-order chi connectivity index (χ1) is 8.78. The van der Waals surface area contributed by atoms with E-state index in [1.807, 2.05) is 0 Å². The minimum Gasteiger partial charge on any atom is -0.301 e. The van der Waals surface area contributed by atoms with E-state index in [9.17, 15) is 0 Å². The molecule has 94 valence electrons. The number of anilines is 2. The Morgan fingerprint density at radius 3 is 1.78 bits per heavy atom. The van der Waals surface area contributed by atoms with Crippen LogP contribution in [0, 0.1) is 6.92 Å². The van der Waals surface area contributed by atoms with Gasteiger partial charge in [-0.25, -0.2) is 0 Å². The summed E-state index contributed by atoms with van der Waals surface area (Å²) in [6, 6.07) is 16.9. The second kappa shape index (κ2) is 6.10. The third kappa shape index (κ3) is 3.52. The number of benzene rings is 2. The molecule has 2 rings (SSSR count). The highest BCUT2D eigenvalue weighted by Crippen LogP contribution is 2.13. The van der Waals surface area contributed by atoms with E-state index in [1.54, 1.807) is 0 Å². The van der Waals surface area contributed by atoms with Crippen molar-refractivity contribution in [2.45, 2.75) is 26.7 Å². The lowest BCUT2D eigenvalue weighted by molar-refractivity contribution is 0.922. The quantitative estimate of drug-likeness (QED) is 0.757. The zero-order valence-electron chi connectivity index (χ0n) is 11.0. The highest BCUT2D eigenvalue weighted by molar-refractivity contribution is 5.53. The Kier molecular flexibility index (Phi) is 4.24. The average molecular weight is 240 g/mol. The predicted octanol–water partition coefficient (Wildman–Crippen LogP) is 4.39. The van der Waals surface area contributed by atoms with Gasteiger partial charge in [-0.15, -0.1) is 0 Å². The van der Waals surface area contributed by atoms with E-state index in [0.29, 0.717) is 0 Å². The summed E-state index contributed by atoms with van der Waals surface area (Å²) in [4.78, 5) is 0. The van der Waals surface area contributed by atoms with Crippen molar-refractivity contribution in [3.63, 3.8) is 0 Å². The maximum absolute atomic E-state index is 3.20. The van der Waals surface area contributed by atoms with Crippen LogP contribution in [-0.4, -0.2) is 0 Å². The predicted molar refractivity (Wildman–Crippen MR) is 78.9 cm³/mol. The number of hydrogen-bond acceptors (Lipinski definition) is 2. The number of hydrogen-bond donors (Lipinski definition) is 2. The van der Waals surface area contributed by atoms with Crippen LogP contribution >= 0.6 is 0 Å². The average Bonchev–Trinajstić information content (AvgIpc) is 2.40. The molecule has 0 saturated carbocycles. The Morgan fingerprint density at radius 2 is 1.28 bits per heavy atom. The Bertz CT molecular complexity index is 471. The van der Waals surface area contributed by atoms with Crippen LogP contribution in [-0.2, 0) is 6.42 Å². The molecule has 0 spiro atoms. The molecule has 2 aromatic rings. The van der Waals surface area contributed by atoms with Crippen molar-refractivity contribution < 1.29 is 0 Å². The fraction of sp³-hybridized carbons (Fsp3) is 0.250. The zero-order chi connectivity index (χ0) is 12.8. The van der Waals surface area contributed by atoms with Gasteiger partial charge in [0, 0.05) is 0 Å². The van der Waals surface area contributed by atoms with E-state index >= 15 is 0 Å². The molecule has 0 bridgehead atoms. The molecule has 2 heteroatoms. The first kappa shape index (κ1) is 12.5. The zero-order valence-corrected chi connectivity index (χ0v) is 11.0. The molecule has 0 heterocycles. The maximum atomic E-state index is 3.20. The van der Waals surface area contributed by atoms with Gasteiger partial charge in [-0.1, -0.05) is 43.2 Å². The molecule has 0 amide bonds. The maximum Gasteiger partial charge on any atom is 0.0540 e. The van der Waals surface area contributed by atoms with Gasteiger partial charge >= 0.3 is 0 Å². The van der Waals surface area contributed by atoms with Crippen LogP contribution in [0.25, 0.3) is 0 Å². The summed E-state index contributed by atoms with van der Waals surface area (Å²) in [5.74, 6) is 0.